The number of hydrogen-bond acceptors (Lipinski definition) is 6. The van der Waals surface area contributed by atoms with Crippen LogP contribution < -0.4 is 5.73 Å². The number of anilines is 1. The van der Waals surface area contributed by atoms with E-state index in [1.807, 2.05) is 6.07 Å². The second kappa shape index (κ2) is 8.05. The third kappa shape index (κ3) is 4.60. The molecule has 1 atom stereocenters. The summed E-state index contributed by atoms with van der Waals surface area (Å²) in [5.41, 5.74) is 7.25. The number of benzene rings is 1. The standard InChI is InChI=1S/C14H19N3O.CO2/c1-2-10-3-4-17(8-10)9-11-5-12(7-15)14(18)13(16)6-11;2-1-3/h5-6,10,18H,2-4,8-9,16H2,1H3;/t10-;/m1./s1. The van der Waals surface area contributed by atoms with Crippen molar-refractivity contribution in [3.8, 4) is 11.8 Å². The average molecular weight is 289 g/mol. The van der Waals surface area contributed by atoms with Crippen molar-refractivity contribution in [3.05, 3.63) is 23.3 Å². The van der Waals surface area contributed by atoms with Gasteiger partial charge in [-0.05, 0) is 36.6 Å². The highest BCUT2D eigenvalue weighted by Crippen LogP contribution is 2.28. The van der Waals surface area contributed by atoms with Crippen LogP contribution in [0.25, 0.3) is 0 Å². The van der Waals surface area contributed by atoms with Crippen LogP contribution in [-0.2, 0) is 16.1 Å². The van der Waals surface area contributed by atoms with Gasteiger partial charge in [0.05, 0.1) is 11.3 Å². The fourth-order valence-electron chi connectivity index (χ4n) is 2.54. The lowest BCUT2D eigenvalue weighted by Crippen LogP contribution is -2.20. The zero-order valence-electron chi connectivity index (χ0n) is 12.0. The van der Waals surface area contributed by atoms with E-state index in [0.29, 0.717) is 0 Å². The van der Waals surface area contributed by atoms with Crippen molar-refractivity contribution in [1.82, 2.24) is 4.90 Å². The highest BCUT2D eigenvalue weighted by atomic mass is 16.3. The molecule has 0 amide bonds. The Kier molecular flexibility index (Phi) is 6.41. The third-order valence-electron chi connectivity index (χ3n) is 3.67. The van der Waals surface area contributed by atoms with Gasteiger partial charge in [-0.3, -0.25) is 4.90 Å². The van der Waals surface area contributed by atoms with Gasteiger partial charge in [-0.1, -0.05) is 13.3 Å². The van der Waals surface area contributed by atoms with Crippen LogP contribution in [0.5, 0.6) is 5.75 Å². The molecule has 1 aliphatic rings. The normalized spacial score (nSPS) is 17.4. The maximum absolute atomic E-state index is 9.60. The van der Waals surface area contributed by atoms with Crippen LogP contribution in [0.4, 0.5) is 5.69 Å². The van der Waals surface area contributed by atoms with Gasteiger partial charge in [0, 0.05) is 13.1 Å². The van der Waals surface area contributed by atoms with Gasteiger partial charge in [0.25, 0.3) is 0 Å². The largest absolute Gasteiger partial charge is 0.504 e. The Bertz CT molecular complexity index is 560. The van der Waals surface area contributed by atoms with Crippen LogP contribution in [0.15, 0.2) is 12.1 Å². The number of likely N-dealkylation sites (tertiary alicyclic amines) is 1. The van der Waals surface area contributed by atoms with E-state index < -0.39 is 0 Å². The Balaban J connectivity index is 0.000000677. The molecule has 2 rings (SSSR count). The Morgan fingerprint density at radius 1 is 1.48 bits per heavy atom. The fraction of sp³-hybridized carbons (Fsp3) is 0.467. The molecular formula is C15H19N3O3. The Morgan fingerprint density at radius 2 is 2.14 bits per heavy atom. The van der Waals surface area contributed by atoms with Crippen LogP contribution in [0.2, 0.25) is 0 Å². The number of phenolic OH excluding ortho intramolecular Hbond substituents is 1. The minimum atomic E-state index is -0.103. The molecule has 0 bridgehead atoms. The zero-order valence-corrected chi connectivity index (χ0v) is 12.0. The van der Waals surface area contributed by atoms with Crippen molar-refractivity contribution in [1.29, 1.82) is 5.26 Å². The predicted octanol–water partition coefficient (Wildman–Crippen LogP) is 1.49. The van der Waals surface area contributed by atoms with Crippen molar-refractivity contribution in [2.45, 2.75) is 26.3 Å². The molecule has 6 nitrogen and oxygen atoms in total. The smallest absolute Gasteiger partial charge is 0.373 e. The second-order valence-electron chi connectivity index (χ2n) is 5.07. The summed E-state index contributed by atoms with van der Waals surface area (Å²) in [5, 5.41) is 18.5. The summed E-state index contributed by atoms with van der Waals surface area (Å²) in [5.74, 6) is 0.684. The van der Waals surface area contributed by atoms with E-state index in [1.54, 1.807) is 12.1 Å². The van der Waals surface area contributed by atoms with Gasteiger partial charge in [0.2, 0.25) is 0 Å². The first kappa shape index (κ1) is 16.7. The van der Waals surface area contributed by atoms with E-state index in [9.17, 15) is 5.11 Å². The second-order valence-corrected chi connectivity index (χ2v) is 5.07. The predicted molar refractivity (Wildman–Crippen MR) is 75.9 cm³/mol. The zero-order chi connectivity index (χ0) is 15.8. The fourth-order valence-corrected chi connectivity index (χ4v) is 2.54. The lowest BCUT2D eigenvalue weighted by atomic mass is 10.1. The molecule has 1 heterocycles. The number of nitriles is 1. The molecule has 1 aromatic rings. The number of hydrogen-bond donors (Lipinski definition) is 2. The Morgan fingerprint density at radius 3 is 2.67 bits per heavy atom. The van der Waals surface area contributed by atoms with Crippen molar-refractivity contribution in [3.63, 3.8) is 0 Å². The highest BCUT2D eigenvalue weighted by molar-refractivity contribution is 5.61. The molecule has 1 aromatic carbocycles. The topological polar surface area (TPSA) is 107 Å². The molecule has 0 unspecified atom stereocenters. The van der Waals surface area contributed by atoms with Gasteiger partial charge in [0.1, 0.15) is 6.07 Å². The van der Waals surface area contributed by atoms with Crippen LogP contribution in [0.1, 0.15) is 30.9 Å². The summed E-state index contributed by atoms with van der Waals surface area (Å²) in [6, 6.07) is 5.46. The van der Waals surface area contributed by atoms with Gasteiger partial charge >= 0.3 is 6.15 Å². The minimum Gasteiger partial charge on any atom is -0.504 e. The number of nitrogens with zero attached hydrogens (tertiary/aromatic N) is 2. The van der Waals surface area contributed by atoms with Crippen LogP contribution in [0.3, 0.4) is 0 Å². The molecule has 0 aliphatic carbocycles. The highest BCUT2D eigenvalue weighted by Gasteiger charge is 2.21. The number of phenols is 1. The van der Waals surface area contributed by atoms with Crippen LogP contribution in [0, 0.1) is 17.2 Å². The molecule has 1 aliphatic heterocycles. The van der Waals surface area contributed by atoms with Crippen molar-refractivity contribution >= 4 is 11.8 Å². The maximum atomic E-state index is 9.60. The molecule has 3 N–H and O–H groups in total. The summed E-state index contributed by atoms with van der Waals surface area (Å²) in [7, 11) is 0. The minimum absolute atomic E-state index is 0.103. The summed E-state index contributed by atoms with van der Waals surface area (Å²) < 4.78 is 0. The van der Waals surface area contributed by atoms with E-state index >= 15 is 0 Å². The number of aromatic hydroxyl groups is 1. The average Bonchev–Trinajstić information content (AvgIpc) is 2.91. The Labute approximate surface area is 123 Å². The van der Waals surface area contributed by atoms with Gasteiger partial charge in [-0.2, -0.15) is 14.9 Å². The SMILES string of the molecule is CC[C@@H]1CCN(Cc2cc(N)c(O)c(C#N)c2)C1.O=C=O. The molecule has 6 heteroatoms. The number of carbonyl (C=O) groups excluding carboxylic acids is 2. The van der Waals surface area contributed by atoms with Gasteiger partial charge < -0.3 is 10.8 Å². The molecule has 0 aromatic heterocycles. The van der Waals surface area contributed by atoms with E-state index in [1.165, 1.54) is 12.8 Å². The lowest BCUT2D eigenvalue weighted by Gasteiger charge is -2.16. The molecule has 0 saturated carbocycles. The number of nitrogen functional groups attached to an aromatic ring is 1. The molecule has 21 heavy (non-hydrogen) atoms. The van der Waals surface area contributed by atoms with Crippen LogP contribution in [-0.4, -0.2) is 29.2 Å². The Hall–Kier alpha value is -2.35. The van der Waals surface area contributed by atoms with E-state index in [-0.39, 0.29) is 23.2 Å². The quantitative estimate of drug-likeness (QED) is 0.645. The monoisotopic (exact) mass is 289 g/mol. The van der Waals surface area contributed by atoms with E-state index in [0.717, 1.165) is 31.1 Å². The van der Waals surface area contributed by atoms with Crippen molar-refractivity contribution in [2.24, 2.45) is 5.92 Å². The first-order valence-electron chi connectivity index (χ1n) is 6.78. The maximum Gasteiger partial charge on any atom is 0.373 e. The van der Waals surface area contributed by atoms with Gasteiger partial charge in [-0.15, -0.1) is 0 Å². The molecule has 1 saturated heterocycles. The summed E-state index contributed by atoms with van der Waals surface area (Å²) in [6.07, 6.45) is 2.72. The van der Waals surface area contributed by atoms with E-state index in [4.69, 9.17) is 20.6 Å². The van der Waals surface area contributed by atoms with E-state index in [2.05, 4.69) is 11.8 Å². The number of rotatable bonds is 3. The summed E-state index contributed by atoms with van der Waals surface area (Å²) in [6.45, 7) is 5.23. The lowest BCUT2D eigenvalue weighted by molar-refractivity contribution is -0.191. The molecule has 1 fully saturated rings. The molecule has 112 valence electrons. The molecule has 0 spiro atoms. The number of nitrogens with two attached hydrogens (primary N) is 1. The first-order chi connectivity index (χ1) is 10.0. The summed E-state index contributed by atoms with van der Waals surface area (Å²) in [4.78, 5) is 18.6. The van der Waals surface area contributed by atoms with Gasteiger partial charge in [0.15, 0.2) is 5.75 Å². The molecule has 0 radical (unpaired) electrons. The molecular weight excluding hydrogens is 270 g/mol. The van der Waals surface area contributed by atoms with Crippen LogP contribution >= 0.6 is 0 Å². The third-order valence-corrected chi connectivity index (χ3v) is 3.67. The van der Waals surface area contributed by atoms with Crippen molar-refractivity contribution in [2.75, 3.05) is 18.8 Å². The summed E-state index contributed by atoms with van der Waals surface area (Å²) >= 11 is 0. The first-order valence-corrected chi connectivity index (χ1v) is 6.78. The van der Waals surface area contributed by atoms with Crippen molar-refractivity contribution < 1.29 is 14.7 Å². The van der Waals surface area contributed by atoms with Gasteiger partial charge in [-0.25, -0.2) is 0 Å².